The maximum Gasteiger partial charge on any atom is 0.275 e. The molecule has 0 radical (unpaired) electrons. The van der Waals surface area contributed by atoms with E-state index in [0.29, 0.717) is 23.3 Å². The SMILES string of the molecule is Cc1cc(COC2CCCCO2)cc(-c2n[nH]c(=O)c3ccoc23)c1. The molecular formula is C19H20N2O4. The smallest absolute Gasteiger partial charge is 0.275 e. The molecule has 1 N–H and O–H groups in total. The number of fused-ring (bicyclic) bond motifs is 1. The summed E-state index contributed by atoms with van der Waals surface area (Å²) in [6.45, 7) is 3.26. The number of furan rings is 1. The average Bonchev–Trinajstić information content (AvgIpc) is 3.11. The van der Waals surface area contributed by atoms with Crippen LogP contribution in [-0.2, 0) is 16.1 Å². The predicted molar refractivity (Wildman–Crippen MR) is 93.2 cm³/mol. The van der Waals surface area contributed by atoms with Gasteiger partial charge in [0.2, 0.25) is 0 Å². The molecular weight excluding hydrogens is 320 g/mol. The van der Waals surface area contributed by atoms with Crippen LogP contribution in [0.4, 0.5) is 0 Å². The van der Waals surface area contributed by atoms with Crippen LogP contribution < -0.4 is 5.56 Å². The zero-order valence-electron chi connectivity index (χ0n) is 14.1. The van der Waals surface area contributed by atoms with E-state index < -0.39 is 0 Å². The molecule has 2 aromatic heterocycles. The first-order chi connectivity index (χ1) is 12.2. The van der Waals surface area contributed by atoms with Gasteiger partial charge in [-0.2, -0.15) is 5.10 Å². The molecule has 1 unspecified atom stereocenters. The summed E-state index contributed by atoms with van der Waals surface area (Å²) < 4.78 is 17.0. The van der Waals surface area contributed by atoms with Crippen LogP contribution in [0.15, 0.2) is 39.7 Å². The topological polar surface area (TPSA) is 77.4 Å². The van der Waals surface area contributed by atoms with E-state index in [9.17, 15) is 4.79 Å². The van der Waals surface area contributed by atoms with Gasteiger partial charge in [0.1, 0.15) is 5.69 Å². The molecule has 6 heteroatoms. The minimum absolute atomic E-state index is 0.124. The lowest BCUT2D eigenvalue weighted by atomic mass is 10.0. The molecule has 0 amide bonds. The summed E-state index contributed by atoms with van der Waals surface area (Å²) in [6.07, 6.45) is 4.56. The molecule has 0 saturated carbocycles. The molecule has 0 spiro atoms. The van der Waals surface area contributed by atoms with E-state index in [1.807, 2.05) is 19.1 Å². The lowest BCUT2D eigenvalue weighted by Crippen LogP contribution is -2.22. The summed E-state index contributed by atoms with van der Waals surface area (Å²) in [5.74, 6) is 0. The monoisotopic (exact) mass is 340 g/mol. The first-order valence-corrected chi connectivity index (χ1v) is 8.51. The number of nitrogens with one attached hydrogen (secondary N) is 1. The van der Waals surface area contributed by atoms with Gasteiger partial charge in [0, 0.05) is 12.2 Å². The third kappa shape index (κ3) is 3.36. The number of H-pyrrole nitrogens is 1. The highest BCUT2D eigenvalue weighted by atomic mass is 16.7. The van der Waals surface area contributed by atoms with Gasteiger partial charge in [-0.25, -0.2) is 5.10 Å². The molecule has 1 aliphatic heterocycles. The van der Waals surface area contributed by atoms with Crippen molar-refractivity contribution in [3.8, 4) is 11.3 Å². The molecule has 4 rings (SSSR count). The first-order valence-electron chi connectivity index (χ1n) is 8.51. The van der Waals surface area contributed by atoms with Crippen molar-refractivity contribution in [3.05, 3.63) is 52.0 Å². The van der Waals surface area contributed by atoms with Crippen LogP contribution in [0.25, 0.3) is 22.2 Å². The van der Waals surface area contributed by atoms with E-state index in [1.54, 1.807) is 6.07 Å². The summed E-state index contributed by atoms with van der Waals surface area (Å²) >= 11 is 0. The molecule has 1 aromatic carbocycles. The number of aryl methyl sites for hydroxylation is 1. The van der Waals surface area contributed by atoms with E-state index in [-0.39, 0.29) is 11.8 Å². The van der Waals surface area contributed by atoms with Crippen LogP contribution in [0.1, 0.15) is 30.4 Å². The molecule has 1 aliphatic rings. The van der Waals surface area contributed by atoms with E-state index in [1.165, 1.54) is 6.26 Å². The molecule has 3 aromatic rings. The Morgan fingerprint density at radius 3 is 3.08 bits per heavy atom. The van der Waals surface area contributed by atoms with E-state index in [2.05, 4.69) is 16.3 Å². The largest absolute Gasteiger partial charge is 0.462 e. The number of ether oxygens (including phenoxy) is 2. The van der Waals surface area contributed by atoms with Gasteiger partial charge in [-0.05, 0) is 49.9 Å². The van der Waals surface area contributed by atoms with Gasteiger partial charge in [0.25, 0.3) is 5.56 Å². The van der Waals surface area contributed by atoms with Crippen molar-refractivity contribution in [3.63, 3.8) is 0 Å². The predicted octanol–water partition coefficient (Wildman–Crippen LogP) is 3.53. The molecule has 0 aliphatic carbocycles. The van der Waals surface area contributed by atoms with Gasteiger partial charge in [0.05, 0.1) is 18.3 Å². The third-order valence-electron chi connectivity index (χ3n) is 4.38. The summed E-state index contributed by atoms with van der Waals surface area (Å²) in [4.78, 5) is 11.8. The van der Waals surface area contributed by atoms with Crippen LogP contribution in [0.5, 0.6) is 0 Å². The zero-order chi connectivity index (χ0) is 17.2. The second-order valence-electron chi connectivity index (χ2n) is 6.38. The number of aromatic amines is 1. The summed E-state index contributed by atoms with van der Waals surface area (Å²) in [6, 6.07) is 7.76. The van der Waals surface area contributed by atoms with Gasteiger partial charge < -0.3 is 13.9 Å². The van der Waals surface area contributed by atoms with Crippen molar-refractivity contribution in [1.82, 2.24) is 10.2 Å². The fourth-order valence-electron chi connectivity index (χ4n) is 3.20. The summed E-state index contributed by atoms with van der Waals surface area (Å²) in [7, 11) is 0. The van der Waals surface area contributed by atoms with E-state index in [0.717, 1.165) is 42.6 Å². The summed E-state index contributed by atoms with van der Waals surface area (Å²) in [5, 5.41) is 7.22. The maximum absolute atomic E-state index is 11.8. The van der Waals surface area contributed by atoms with E-state index >= 15 is 0 Å². The van der Waals surface area contributed by atoms with Crippen molar-refractivity contribution >= 4 is 11.0 Å². The molecule has 6 nitrogen and oxygen atoms in total. The molecule has 1 fully saturated rings. The van der Waals surface area contributed by atoms with E-state index in [4.69, 9.17) is 13.9 Å². The van der Waals surface area contributed by atoms with Gasteiger partial charge in [0.15, 0.2) is 11.9 Å². The number of hydrogen-bond donors (Lipinski definition) is 1. The number of benzene rings is 1. The van der Waals surface area contributed by atoms with Gasteiger partial charge in [-0.1, -0.05) is 11.6 Å². The lowest BCUT2D eigenvalue weighted by molar-refractivity contribution is -0.168. The van der Waals surface area contributed by atoms with Crippen molar-refractivity contribution in [2.45, 2.75) is 39.1 Å². The van der Waals surface area contributed by atoms with Crippen LogP contribution >= 0.6 is 0 Å². The second kappa shape index (κ2) is 6.82. The standard InChI is InChI=1S/C19H20N2O4/c1-12-8-13(11-25-16-4-2-3-6-23-16)10-14(9-12)17-18-15(5-7-24-18)19(22)21-20-17/h5,7-10,16H,2-4,6,11H2,1H3,(H,21,22). The lowest BCUT2D eigenvalue weighted by Gasteiger charge is -2.22. The Kier molecular flexibility index (Phi) is 4.38. The van der Waals surface area contributed by atoms with Crippen LogP contribution in [0.3, 0.4) is 0 Å². The molecule has 3 heterocycles. The molecule has 130 valence electrons. The Balaban J connectivity index is 1.63. The van der Waals surface area contributed by atoms with Crippen molar-refractivity contribution < 1.29 is 13.9 Å². The second-order valence-corrected chi connectivity index (χ2v) is 6.38. The fourth-order valence-corrected chi connectivity index (χ4v) is 3.20. The Hall–Kier alpha value is -2.44. The number of aromatic nitrogens is 2. The van der Waals surface area contributed by atoms with Crippen molar-refractivity contribution in [2.75, 3.05) is 6.61 Å². The molecule has 25 heavy (non-hydrogen) atoms. The van der Waals surface area contributed by atoms with Crippen LogP contribution in [0.2, 0.25) is 0 Å². The van der Waals surface area contributed by atoms with Crippen LogP contribution in [0, 0.1) is 6.92 Å². The van der Waals surface area contributed by atoms with Gasteiger partial charge in [-0.15, -0.1) is 0 Å². The molecule has 0 bridgehead atoms. The third-order valence-corrected chi connectivity index (χ3v) is 4.38. The number of hydrogen-bond acceptors (Lipinski definition) is 5. The van der Waals surface area contributed by atoms with Gasteiger partial charge >= 0.3 is 0 Å². The normalized spacial score (nSPS) is 17.9. The Morgan fingerprint density at radius 2 is 2.24 bits per heavy atom. The fraction of sp³-hybridized carbons (Fsp3) is 0.368. The van der Waals surface area contributed by atoms with Gasteiger partial charge in [-0.3, -0.25) is 4.79 Å². The number of nitrogens with zero attached hydrogens (tertiary/aromatic N) is 1. The minimum Gasteiger partial charge on any atom is -0.462 e. The quantitative estimate of drug-likeness (QED) is 0.786. The number of rotatable bonds is 4. The maximum atomic E-state index is 11.8. The van der Waals surface area contributed by atoms with Crippen molar-refractivity contribution in [2.24, 2.45) is 0 Å². The average molecular weight is 340 g/mol. The van der Waals surface area contributed by atoms with Crippen LogP contribution in [-0.4, -0.2) is 23.1 Å². The van der Waals surface area contributed by atoms with Crippen molar-refractivity contribution in [1.29, 1.82) is 0 Å². The Labute approximate surface area is 144 Å². The Morgan fingerprint density at radius 1 is 1.32 bits per heavy atom. The highest BCUT2D eigenvalue weighted by Gasteiger charge is 2.16. The first kappa shape index (κ1) is 16.1. The highest BCUT2D eigenvalue weighted by molar-refractivity contribution is 5.89. The molecule has 1 saturated heterocycles. The zero-order valence-corrected chi connectivity index (χ0v) is 14.1. The Bertz CT molecular complexity index is 938. The minimum atomic E-state index is -0.252. The highest BCUT2D eigenvalue weighted by Crippen LogP contribution is 2.27. The summed E-state index contributed by atoms with van der Waals surface area (Å²) in [5.41, 5.74) is 3.89. The molecule has 1 atom stereocenters.